The minimum Gasteiger partial charge on any atom is -0.354 e. The van der Waals surface area contributed by atoms with Crippen LogP contribution in [-0.2, 0) is 11.2 Å². The average molecular weight is 303 g/mol. The number of aryl methyl sites for hydroxylation is 1. The third-order valence-corrected chi connectivity index (χ3v) is 3.87. The summed E-state index contributed by atoms with van der Waals surface area (Å²) in [6, 6.07) is 8.23. The van der Waals surface area contributed by atoms with E-state index in [-0.39, 0.29) is 5.91 Å². The number of nitrogens with two attached hydrogens (primary N) is 1. The van der Waals surface area contributed by atoms with Crippen LogP contribution in [0.5, 0.6) is 0 Å². The zero-order valence-electron chi connectivity index (χ0n) is 12.6. The number of hydrogen-bond donors (Lipinski definition) is 2. The maximum atomic E-state index is 11.8. The Labute approximate surface area is 129 Å². The second-order valence-corrected chi connectivity index (χ2v) is 6.81. The van der Waals surface area contributed by atoms with E-state index in [1.54, 1.807) is 11.3 Å². The fourth-order valence-corrected chi connectivity index (χ4v) is 2.60. The minimum absolute atomic E-state index is 0.0470. The highest BCUT2D eigenvalue weighted by Gasteiger charge is 2.13. The average Bonchev–Trinajstić information content (AvgIpc) is 2.85. The maximum absolute atomic E-state index is 11.8. The van der Waals surface area contributed by atoms with Crippen LogP contribution in [0.3, 0.4) is 0 Å². The predicted octanol–water partition coefficient (Wildman–Crippen LogP) is 2.51. The summed E-state index contributed by atoms with van der Waals surface area (Å²) in [5.74, 6) is -0.0470. The van der Waals surface area contributed by atoms with Gasteiger partial charge in [0.25, 0.3) is 0 Å². The van der Waals surface area contributed by atoms with Crippen molar-refractivity contribution in [2.75, 3.05) is 6.54 Å². The molecular formula is C16H21N3OS. The zero-order chi connectivity index (χ0) is 15.5. The molecular weight excluding hydrogens is 282 g/mol. The van der Waals surface area contributed by atoms with Crippen LogP contribution in [0.25, 0.3) is 10.6 Å². The number of carbonyl (C=O) groups is 1. The SMILES string of the molecule is Cc1ccc(-c2nc(CC(=O)NCC(C)(C)N)cs2)cc1. The van der Waals surface area contributed by atoms with E-state index in [2.05, 4.69) is 41.5 Å². The first kappa shape index (κ1) is 15.7. The third kappa shape index (κ3) is 4.95. The molecule has 0 aliphatic carbocycles. The summed E-state index contributed by atoms with van der Waals surface area (Å²) in [4.78, 5) is 16.4. The van der Waals surface area contributed by atoms with Crippen LogP contribution in [0, 0.1) is 6.92 Å². The standard InChI is InChI=1S/C16H21N3OS/c1-11-4-6-12(7-5-11)15-19-13(9-21-15)8-14(20)18-10-16(2,3)17/h4-7,9H,8,10,17H2,1-3H3,(H,18,20). The number of benzene rings is 1. The Hall–Kier alpha value is -1.72. The van der Waals surface area contributed by atoms with Gasteiger partial charge >= 0.3 is 0 Å². The molecule has 1 amide bonds. The maximum Gasteiger partial charge on any atom is 0.226 e. The molecule has 0 saturated carbocycles. The number of amides is 1. The predicted molar refractivity (Wildman–Crippen MR) is 87.3 cm³/mol. The second kappa shape index (κ2) is 6.37. The van der Waals surface area contributed by atoms with Crippen molar-refractivity contribution in [3.05, 3.63) is 40.9 Å². The lowest BCUT2D eigenvalue weighted by Gasteiger charge is -2.18. The zero-order valence-corrected chi connectivity index (χ0v) is 13.5. The van der Waals surface area contributed by atoms with Gasteiger partial charge in [-0.1, -0.05) is 29.8 Å². The van der Waals surface area contributed by atoms with Crippen LogP contribution < -0.4 is 11.1 Å². The van der Waals surface area contributed by atoms with Crippen LogP contribution >= 0.6 is 11.3 Å². The monoisotopic (exact) mass is 303 g/mol. The molecule has 5 heteroatoms. The first-order valence-electron chi connectivity index (χ1n) is 6.90. The largest absolute Gasteiger partial charge is 0.354 e. The van der Waals surface area contributed by atoms with Crippen LogP contribution in [-0.4, -0.2) is 23.0 Å². The molecule has 1 aromatic heterocycles. The molecule has 0 unspecified atom stereocenters. The third-order valence-electron chi connectivity index (χ3n) is 2.93. The van der Waals surface area contributed by atoms with Crippen molar-refractivity contribution in [3.63, 3.8) is 0 Å². The highest BCUT2D eigenvalue weighted by atomic mass is 32.1. The van der Waals surface area contributed by atoms with Gasteiger partial charge in [-0.2, -0.15) is 0 Å². The summed E-state index contributed by atoms with van der Waals surface area (Å²) >= 11 is 1.56. The van der Waals surface area contributed by atoms with Gasteiger partial charge in [-0.25, -0.2) is 4.98 Å². The lowest BCUT2D eigenvalue weighted by Crippen LogP contribution is -2.45. The van der Waals surface area contributed by atoms with E-state index in [4.69, 9.17) is 5.73 Å². The van der Waals surface area contributed by atoms with E-state index in [0.29, 0.717) is 13.0 Å². The van der Waals surface area contributed by atoms with Gasteiger partial charge in [-0.3, -0.25) is 4.79 Å². The molecule has 0 radical (unpaired) electrons. The van der Waals surface area contributed by atoms with Crippen molar-refractivity contribution in [1.29, 1.82) is 0 Å². The Bertz CT molecular complexity index is 611. The van der Waals surface area contributed by atoms with Crippen molar-refractivity contribution in [2.24, 2.45) is 5.73 Å². The van der Waals surface area contributed by atoms with Gasteiger partial charge in [-0.15, -0.1) is 11.3 Å². The van der Waals surface area contributed by atoms with E-state index in [1.807, 2.05) is 19.2 Å². The van der Waals surface area contributed by atoms with E-state index in [1.165, 1.54) is 5.56 Å². The molecule has 0 atom stereocenters. The van der Waals surface area contributed by atoms with Gasteiger partial charge < -0.3 is 11.1 Å². The number of nitrogens with zero attached hydrogens (tertiary/aromatic N) is 1. The Morgan fingerprint density at radius 1 is 1.33 bits per heavy atom. The van der Waals surface area contributed by atoms with Crippen LogP contribution in [0.1, 0.15) is 25.1 Å². The Morgan fingerprint density at radius 3 is 2.62 bits per heavy atom. The molecule has 21 heavy (non-hydrogen) atoms. The number of thiazole rings is 1. The molecule has 0 bridgehead atoms. The summed E-state index contributed by atoms with van der Waals surface area (Å²) in [6.07, 6.45) is 0.290. The molecule has 0 fully saturated rings. The molecule has 0 spiro atoms. The topological polar surface area (TPSA) is 68.0 Å². The molecule has 1 aromatic carbocycles. The molecule has 4 nitrogen and oxygen atoms in total. The number of carbonyl (C=O) groups excluding carboxylic acids is 1. The summed E-state index contributed by atoms with van der Waals surface area (Å²) < 4.78 is 0. The highest BCUT2D eigenvalue weighted by molar-refractivity contribution is 7.13. The van der Waals surface area contributed by atoms with Crippen molar-refractivity contribution >= 4 is 17.2 Å². The van der Waals surface area contributed by atoms with E-state index < -0.39 is 5.54 Å². The number of hydrogen-bond acceptors (Lipinski definition) is 4. The molecule has 3 N–H and O–H groups in total. The summed E-state index contributed by atoms with van der Waals surface area (Å²) in [5.41, 5.74) is 8.54. The molecule has 0 aliphatic rings. The number of rotatable bonds is 5. The summed E-state index contributed by atoms with van der Waals surface area (Å²) in [5, 5.41) is 5.70. The molecule has 112 valence electrons. The van der Waals surface area contributed by atoms with Crippen molar-refractivity contribution in [1.82, 2.24) is 10.3 Å². The number of aromatic nitrogens is 1. The number of nitrogens with one attached hydrogen (secondary N) is 1. The van der Waals surface area contributed by atoms with Crippen molar-refractivity contribution < 1.29 is 4.79 Å². The minimum atomic E-state index is -0.398. The van der Waals surface area contributed by atoms with Gasteiger partial charge in [0.2, 0.25) is 5.91 Å². The highest BCUT2D eigenvalue weighted by Crippen LogP contribution is 2.24. The van der Waals surface area contributed by atoms with Crippen molar-refractivity contribution in [3.8, 4) is 10.6 Å². The fourth-order valence-electron chi connectivity index (χ4n) is 1.77. The first-order chi connectivity index (χ1) is 9.83. The van der Waals surface area contributed by atoms with E-state index >= 15 is 0 Å². The lowest BCUT2D eigenvalue weighted by atomic mass is 10.1. The van der Waals surface area contributed by atoms with Gasteiger partial charge in [0, 0.05) is 23.0 Å². The molecule has 2 aromatic rings. The normalized spacial score (nSPS) is 11.4. The van der Waals surface area contributed by atoms with Gasteiger partial charge in [0.05, 0.1) is 12.1 Å². The van der Waals surface area contributed by atoms with Gasteiger partial charge in [0.1, 0.15) is 5.01 Å². The molecule has 1 heterocycles. The van der Waals surface area contributed by atoms with Crippen LogP contribution in [0.4, 0.5) is 0 Å². The van der Waals surface area contributed by atoms with Crippen molar-refractivity contribution in [2.45, 2.75) is 32.7 Å². The Kier molecular flexibility index (Phi) is 4.75. The van der Waals surface area contributed by atoms with E-state index in [9.17, 15) is 4.79 Å². The second-order valence-electron chi connectivity index (χ2n) is 5.95. The Morgan fingerprint density at radius 2 is 2.00 bits per heavy atom. The Balaban J connectivity index is 1.97. The first-order valence-corrected chi connectivity index (χ1v) is 7.78. The quantitative estimate of drug-likeness (QED) is 0.892. The molecule has 0 aliphatic heterocycles. The van der Waals surface area contributed by atoms with Gasteiger partial charge in [0.15, 0.2) is 0 Å². The van der Waals surface area contributed by atoms with E-state index in [0.717, 1.165) is 16.3 Å². The summed E-state index contributed by atoms with van der Waals surface area (Å²) in [7, 11) is 0. The van der Waals surface area contributed by atoms with Crippen LogP contribution in [0.15, 0.2) is 29.6 Å². The fraction of sp³-hybridized carbons (Fsp3) is 0.375. The molecule has 2 rings (SSSR count). The van der Waals surface area contributed by atoms with Crippen LogP contribution in [0.2, 0.25) is 0 Å². The lowest BCUT2D eigenvalue weighted by molar-refractivity contribution is -0.120. The molecule has 0 saturated heterocycles. The smallest absolute Gasteiger partial charge is 0.226 e. The summed E-state index contributed by atoms with van der Waals surface area (Å²) in [6.45, 7) is 6.28. The van der Waals surface area contributed by atoms with Gasteiger partial charge in [-0.05, 0) is 20.8 Å².